The predicted molar refractivity (Wildman–Crippen MR) is 247 cm³/mol. The standard InChI is InChI=1S/C52H91NO8/c1-2-3-4-5-6-7-8-9-10-11-12-13-14-15-22-34-49(54)59-43-48(44-60-50(55)35-25-40-53-38-23-24-39-53)45-61-51(56)36-37-52(57-41-26-32-46-28-18-16-19-29-46)58-42-27-33-47-30-20-17-21-31-47/h6-7,9-10,46-48,52H,2-5,8,11-45H2,1H3/b7-6-,10-9-. The van der Waals surface area contributed by atoms with Crippen molar-refractivity contribution >= 4 is 17.9 Å². The summed E-state index contributed by atoms with van der Waals surface area (Å²) in [6.45, 7) is 6.74. The number of nitrogens with zero attached hydrogens (tertiary/aromatic N) is 1. The van der Waals surface area contributed by atoms with Gasteiger partial charge in [0.05, 0.1) is 12.3 Å². The molecule has 0 N–H and O–H groups in total. The van der Waals surface area contributed by atoms with Gasteiger partial charge in [0, 0.05) is 32.5 Å². The molecule has 1 saturated heterocycles. The summed E-state index contributed by atoms with van der Waals surface area (Å²) in [7, 11) is 0. The molecule has 3 rings (SSSR count). The van der Waals surface area contributed by atoms with Gasteiger partial charge in [-0.15, -0.1) is 0 Å². The first-order chi connectivity index (χ1) is 30.0. The topological polar surface area (TPSA) is 101 Å². The maximum absolute atomic E-state index is 13.1. The Morgan fingerprint density at radius 3 is 1.59 bits per heavy atom. The van der Waals surface area contributed by atoms with Crippen molar-refractivity contribution in [3.8, 4) is 0 Å². The molecule has 0 spiro atoms. The molecule has 61 heavy (non-hydrogen) atoms. The van der Waals surface area contributed by atoms with E-state index < -0.39 is 12.2 Å². The Balaban J connectivity index is 1.36. The third kappa shape index (κ3) is 29.7. The summed E-state index contributed by atoms with van der Waals surface area (Å²) in [6, 6.07) is 0. The molecule has 1 heterocycles. The highest BCUT2D eigenvalue weighted by atomic mass is 16.7. The zero-order valence-electron chi connectivity index (χ0n) is 39.1. The number of unbranched alkanes of at least 4 members (excludes halogenated alkanes) is 8. The fraction of sp³-hybridized carbons (Fsp3) is 0.865. The second-order valence-corrected chi connectivity index (χ2v) is 18.6. The van der Waals surface area contributed by atoms with Crippen LogP contribution in [0.5, 0.6) is 0 Å². The van der Waals surface area contributed by atoms with E-state index in [1.165, 1.54) is 122 Å². The first-order valence-corrected chi connectivity index (χ1v) is 25.7. The van der Waals surface area contributed by atoms with Gasteiger partial charge in [0.15, 0.2) is 6.29 Å². The van der Waals surface area contributed by atoms with Crippen LogP contribution in [0, 0.1) is 17.8 Å². The van der Waals surface area contributed by atoms with Crippen LogP contribution >= 0.6 is 0 Å². The Kier molecular flexibility index (Phi) is 32.4. The van der Waals surface area contributed by atoms with E-state index in [-0.39, 0.29) is 44.1 Å². The van der Waals surface area contributed by atoms with Crippen LogP contribution in [0.3, 0.4) is 0 Å². The molecule has 1 unspecified atom stereocenters. The Morgan fingerprint density at radius 2 is 1.03 bits per heavy atom. The van der Waals surface area contributed by atoms with Crippen LogP contribution in [0.2, 0.25) is 0 Å². The SMILES string of the molecule is CCCCC/C=C\C/C=C\CCCCCCCC(=O)OCC(COC(=O)CCCN1CCCC1)COC(=O)CCC(OCCCC1CCCCC1)OCCCC1CCCCC1. The zero-order valence-corrected chi connectivity index (χ0v) is 39.1. The van der Waals surface area contributed by atoms with Gasteiger partial charge in [-0.3, -0.25) is 14.4 Å². The largest absolute Gasteiger partial charge is 0.465 e. The van der Waals surface area contributed by atoms with E-state index in [4.69, 9.17) is 23.7 Å². The zero-order chi connectivity index (χ0) is 43.3. The third-order valence-electron chi connectivity index (χ3n) is 13.0. The van der Waals surface area contributed by atoms with Crippen LogP contribution < -0.4 is 0 Å². The lowest BCUT2D eigenvalue weighted by molar-refractivity contribution is -0.162. The van der Waals surface area contributed by atoms with E-state index in [0.29, 0.717) is 32.5 Å². The number of carbonyl (C=O) groups excluding carboxylic acids is 3. The molecule has 1 aliphatic heterocycles. The molecule has 9 heteroatoms. The number of likely N-dealkylation sites (tertiary alicyclic amines) is 1. The van der Waals surface area contributed by atoms with Crippen LogP contribution in [0.15, 0.2) is 24.3 Å². The van der Waals surface area contributed by atoms with Crippen LogP contribution in [0.4, 0.5) is 0 Å². The van der Waals surface area contributed by atoms with Crippen LogP contribution in [0.25, 0.3) is 0 Å². The van der Waals surface area contributed by atoms with Gasteiger partial charge in [0.25, 0.3) is 0 Å². The van der Waals surface area contributed by atoms with Gasteiger partial charge < -0.3 is 28.6 Å². The number of hydrogen-bond donors (Lipinski definition) is 0. The number of hydrogen-bond acceptors (Lipinski definition) is 9. The fourth-order valence-corrected chi connectivity index (χ4v) is 9.10. The molecule has 3 aliphatic rings. The lowest BCUT2D eigenvalue weighted by Crippen LogP contribution is -2.27. The van der Waals surface area contributed by atoms with Gasteiger partial charge in [-0.05, 0) is 115 Å². The first-order valence-electron chi connectivity index (χ1n) is 25.7. The maximum Gasteiger partial charge on any atom is 0.305 e. The smallest absolute Gasteiger partial charge is 0.305 e. The summed E-state index contributed by atoms with van der Waals surface area (Å²) in [5.74, 6) is 0.324. The van der Waals surface area contributed by atoms with Crippen molar-refractivity contribution in [3.05, 3.63) is 24.3 Å². The van der Waals surface area contributed by atoms with E-state index in [1.54, 1.807) is 0 Å². The normalized spacial score (nSPS) is 17.5. The quantitative estimate of drug-likeness (QED) is 0.0199. The average molecular weight is 858 g/mol. The number of carbonyl (C=O) groups is 3. The Bertz CT molecular complexity index is 1110. The highest BCUT2D eigenvalue weighted by Gasteiger charge is 2.21. The van der Waals surface area contributed by atoms with Gasteiger partial charge in [-0.1, -0.05) is 128 Å². The summed E-state index contributed by atoms with van der Waals surface area (Å²) >= 11 is 0. The van der Waals surface area contributed by atoms with Crippen LogP contribution in [0.1, 0.15) is 212 Å². The molecule has 0 amide bonds. The highest BCUT2D eigenvalue weighted by Crippen LogP contribution is 2.28. The van der Waals surface area contributed by atoms with E-state index in [1.807, 2.05) is 0 Å². The summed E-state index contributed by atoms with van der Waals surface area (Å²) in [5.41, 5.74) is 0. The highest BCUT2D eigenvalue weighted by molar-refractivity contribution is 5.70. The van der Waals surface area contributed by atoms with Crippen molar-refractivity contribution in [2.45, 2.75) is 219 Å². The van der Waals surface area contributed by atoms with Crippen LogP contribution in [-0.4, -0.2) is 81.8 Å². The Labute approximate surface area is 373 Å². The molecule has 0 aromatic carbocycles. The molecule has 0 bridgehead atoms. The molecule has 0 radical (unpaired) electrons. The number of esters is 3. The van der Waals surface area contributed by atoms with Crippen molar-refractivity contribution in [2.24, 2.45) is 17.8 Å². The summed E-state index contributed by atoms with van der Waals surface area (Å²) in [5, 5.41) is 0. The third-order valence-corrected chi connectivity index (χ3v) is 13.0. The fourth-order valence-electron chi connectivity index (χ4n) is 9.10. The average Bonchev–Trinajstić information content (AvgIpc) is 3.81. The van der Waals surface area contributed by atoms with E-state index >= 15 is 0 Å². The molecule has 1 atom stereocenters. The molecule has 0 aromatic heterocycles. The molecule has 2 aliphatic carbocycles. The maximum atomic E-state index is 13.1. The summed E-state index contributed by atoms with van der Waals surface area (Å²) in [4.78, 5) is 40.8. The lowest BCUT2D eigenvalue weighted by Gasteiger charge is -2.23. The Morgan fingerprint density at radius 1 is 0.541 bits per heavy atom. The molecular formula is C52H91NO8. The number of rotatable bonds is 37. The monoisotopic (exact) mass is 858 g/mol. The Hall–Kier alpha value is -2.23. The lowest BCUT2D eigenvalue weighted by atomic mass is 9.86. The predicted octanol–water partition coefficient (Wildman–Crippen LogP) is 12.8. The van der Waals surface area contributed by atoms with Gasteiger partial charge in [0.2, 0.25) is 0 Å². The second kappa shape index (κ2) is 37.2. The minimum atomic E-state index is -0.433. The number of ether oxygens (including phenoxy) is 5. The van der Waals surface area contributed by atoms with Gasteiger partial charge in [-0.25, -0.2) is 0 Å². The van der Waals surface area contributed by atoms with E-state index in [0.717, 1.165) is 89.3 Å². The van der Waals surface area contributed by atoms with Crippen molar-refractivity contribution in [3.63, 3.8) is 0 Å². The summed E-state index contributed by atoms with van der Waals surface area (Å²) in [6.07, 6.45) is 43.5. The van der Waals surface area contributed by atoms with Crippen molar-refractivity contribution in [1.29, 1.82) is 0 Å². The van der Waals surface area contributed by atoms with Crippen molar-refractivity contribution in [2.75, 3.05) is 52.7 Å². The minimum Gasteiger partial charge on any atom is -0.465 e. The van der Waals surface area contributed by atoms with Crippen molar-refractivity contribution in [1.82, 2.24) is 4.90 Å². The summed E-state index contributed by atoms with van der Waals surface area (Å²) < 4.78 is 29.5. The molecule has 9 nitrogen and oxygen atoms in total. The molecule has 3 fully saturated rings. The molecular weight excluding hydrogens is 767 g/mol. The van der Waals surface area contributed by atoms with E-state index in [9.17, 15) is 14.4 Å². The number of allylic oxidation sites excluding steroid dienone is 4. The molecule has 0 aromatic rings. The first kappa shape index (κ1) is 53.1. The molecule has 352 valence electrons. The van der Waals surface area contributed by atoms with Crippen molar-refractivity contribution < 1.29 is 38.1 Å². The van der Waals surface area contributed by atoms with Gasteiger partial charge in [-0.2, -0.15) is 0 Å². The molecule has 2 saturated carbocycles. The van der Waals surface area contributed by atoms with Crippen LogP contribution in [-0.2, 0) is 38.1 Å². The van der Waals surface area contributed by atoms with Gasteiger partial charge >= 0.3 is 17.9 Å². The second-order valence-electron chi connectivity index (χ2n) is 18.6. The van der Waals surface area contributed by atoms with Gasteiger partial charge in [0.1, 0.15) is 19.8 Å². The minimum absolute atomic E-state index is 0.0199. The van der Waals surface area contributed by atoms with E-state index in [2.05, 4.69) is 36.1 Å².